The van der Waals surface area contributed by atoms with Crippen LogP contribution in [-0.4, -0.2) is 31.7 Å². The van der Waals surface area contributed by atoms with Gasteiger partial charge >= 0.3 is 0 Å². The van der Waals surface area contributed by atoms with Gasteiger partial charge in [0.15, 0.2) is 0 Å². The van der Waals surface area contributed by atoms with Crippen molar-refractivity contribution in [3.8, 4) is 0 Å². The molecule has 0 heterocycles. The molecule has 0 fully saturated rings. The molecule has 0 spiro atoms. The van der Waals surface area contributed by atoms with Crippen LogP contribution in [0.15, 0.2) is 12.7 Å². The number of hydrogen-bond acceptors (Lipinski definition) is 3. The zero-order valence-corrected chi connectivity index (χ0v) is 8.95. The molecule has 0 saturated heterocycles. The molecule has 0 saturated carbocycles. The topological polar surface area (TPSA) is 64.4 Å². The molecule has 14 heavy (non-hydrogen) atoms. The molecule has 82 valence electrons. The lowest BCUT2D eigenvalue weighted by Crippen LogP contribution is -2.36. The zero-order chi connectivity index (χ0) is 11.0. The van der Waals surface area contributed by atoms with Crippen molar-refractivity contribution in [1.82, 2.24) is 5.32 Å². The van der Waals surface area contributed by atoms with Gasteiger partial charge < -0.3 is 15.8 Å². The maximum atomic E-state index is 11.4. The van der Waals surface area contributed by atoms with E-state index in [-0.39, 0.29) is 18.1 Å². The van der Waals surface area contributed by atoms with Gasteiger partial charge in [0.05, 0.1) is 12.5 Å². The molecule has 0 aliphatic rings. The van der Waals surface area contributed by atoms with Crippen molar-refractivity contribution in [1.29, 1.82) is 0 Å². The largest absolute Gasteiger partial charge is 0.380 e. The van der Waals surface area contributed by atoms with E-state index >= 15 is 0 Å². The van der Waals surface area contributed by atoms with Crippen LogP contribution in [0.2, 0.25) is 0 Å². The second kappa shape index (κ2) is 7.53. The van der Waals surface area contributed by atoms with Crippen molar-refractivity contribution in [2.24, 2.45) is 5.73 Å². The van der Waals surface area contributed by atoms with Crippen molar-refractivity contribution >= 4 is 5.91 Å². The van der Waals surface area contributed by atoms with Gasteiger partial charge in [0, 0.05) is 19.7 Å². The molecule has 1 amide bonds. The van der Waals surface area contributed by atoms with Gasteiger partial charge in [0.25, 0.3) is 0 Å². The van der Waals surface area contributed by atoms with Crippen LogP contribution >= 0.6 is 0 Å². The number of carbonyl (C=O) groups excluding carboxylic acids is 1. The van der Waals surface area contributed by atoms with Gasteiger partial charge in [-0.3, -0.25) is 4.79 Å². The van der Waals surface area contributed by atoms with Crippen LogP contribution in [0.1, 0.15) is 19.8 Å². The monoisotopic (exact) mass is 200 g/mol. The predicted molar refractivity (Wildman–Crippen MR) is 56.9 cm³/mol. The summed E-state index contributed by atoms with van der Waals surface area (Å²) in [6.45, 7) is 5.90. The Morgan fingerprint density at radius 1 is 1.71 bits per heavy atom. The fourth-order valence-electron chi connectivity index (χ4n) is 1.11. The Morgan fingerprint density at radius 2 is 2.36 bits per heavy atom. The van der Waals surface area contributed by atoms with Crippen molar-refractivity contribution in [2.45, 2.75) is 31.9 Å². The van der Waals surface area contributed by atoms with E-state index in [4.69, 9.17) is 10.5 Å². The van der Waals surface area contributed by atoms with E-state index in [1.807, 2.05) is 6.92 Å². The maximum absolute atomic E-state index is 11.4. The van der Waals surface area contributed by atoms with Crippen LogP contribution in [0.3, 0.4) is 0 Å². The molecule has 0 aromatic heterocycles. The second-order valence-electron chi connectivity index (χ2n) is 3.29. The number of hydrogen-bond donors (Lipinski definition) is 2. The third-order valence-corrected chi connectivity index (χ3v) is 1.94. The summed E-state index contributed by atoms with van der Waals surface area (Å²) in [5.41, 5.74) is 5.40. The number of methoxy groups -OCH3 is 1. The molecule has 0 aliphatic heterocycles. The summed E-state index contributed by atoms with van der Waals surface area (Å²) in [7, 11) is 1.55. The Kier molecular flexibility index (Phi) is 7.06. The number of ether oxygens (including phenoxy) is 1. The highest BCUT2D eigenvalue weighted by atomic mass is 16.5. The van der Waals surface area contributed by atoms with E-state index in [0.717, 1.165) is 6.42 Å². The Bertz CT molecular complexity index is 179. The third kappa shape index (κ3) is 5.72. The molecule has 4 nitrogen and oxygen atoms in total. The van der Waals surface area contributed by atoms with Crippen LogP contribution in [0.4, 0.5) is 0 Å². The highest BCUT2D eigenvalue weighted by molar-refractivity contribution is 5.76. The lowest BCUT2D eigenvalue weighted by atomic mass is 10.2. The van der Waals surface area contributed by atoms with Crippen molar-refractivity contribution in [3.63, 3.8) is 0 Å². The van der Waals surface area contributed by atoms with Gasteiger partial charge in [-0.15, -0.1) is 6.58 Å². The van der Waals surface area contributed by atoms with Gasteiger partial charge in [-0.25, -0.2) is 0 Å². The lowest BCUT2D eigenvalue weighted by molar-refractivity contribution is -0.123. The zero-order valence-electron chi connectivity index (χ0n) is 8.95. The van der Waals surface area contributed by atoms with Crippen LogP contribution in [0, 0.1) is 0 Å². The summed E-state index contributed by atoms with van der Waals surface area (Å²) in [4.78, 5) is 11.4. The standard InChI is InChI=1S/C10H20N2O2/c1-4-5-8(2)12-10(13)6-9(7-11)14-3/h4,8-9H,1,5-7,11H2,2-3H3,(H,12,13). The molecule has 3 N–H and O–H groups in total. The van der Waals surface area contributed by atoms with E-state index < -0.39 is 0 Å². The number of rotatable bonds is 7. The molecule has 0 bridgehead atoms. The van der Waals surface area contributed by atoms with Gasteiger partial charge in [-0.2, -0.15) is 0 Å². The quantitative estimate of drug-likeness (QED) is 0.586. The molecule has 4 heteroatoms. The summed E-state index contributed by atoms with van der Waals surface area (Å²) in [6, 6.07) is 0.121. The van der Waals surface area contributed by atoms with Crippen LogP contribution in [0.5, 0.6) is 0 Å². The van der Waals surface area contributed by atoms with E-state index in [9.17, 15) is 4.79 Å². The molecule has 0 aromatic rings. The van der Waals surface area contributed by atoms with E-state index in [1.54, 1.807) is 13.2 Å². The number of nitrogens with two attached hydrogens (primary N) is 1. The molecule has 2 unspecified atom stereocenters. The highest BCUT2D eigenvalue weighted by Gasteiger charge is 2.12. The van der Waals surface area contributed by atoms with Crippen LogP contribution < -0.4 is 11.1 Å². The number of carbonyl (C=O) groups is 1. The van der Waals surface area contributed by atoms with E-state index in [1.165, 1.54) is 0 Å². The number of nitrogens with one attached hydrogen (secondary N) is 1. The average molecular weight is 200 g/mol. The summed E-state index contributed by atoms with van der Waals surface area (Å²) in [5, 5.41) is 2.83. The van der Waals surface area contributed by atoms with Gasteiger partial charge in [-0.05, 0) is 13.3 Å². The first kappa shape index (κ1) is 13.1. The summed E-state index contributed by atoms with van der Waals surface area (Å²) >= 11 is 0. The molecular weight excluding hydrogens is 180 g/mol. The Labute approximate surface area is 85.5 Å². The first-order valence-electron chi connectivity index (χ1n) is 4.77. The lowest BCUT2D eigenvalue weighted by Gasteiger charge is -2.15. The fraction of sp³-hybridized carbons (Fsp3) is 0.700. The summed E-state index contributed by atoms with van der Waals surface area (Å²) in [6.07, 6.45) is 2.67. The second-order valence-corrected chi connectivity index (χ2v) is 3.29. The van der Waals surface area contributed by atoms with Crippen LogP contribution in [-0.2, 0) is 9.53 Å². The molecule has 2 atom stereocenters. The SMILES string of the molecule is C=CCC(C)NC(=O)CC(CN)OC. The van der Waals surface area contributed by atoms with Crippen LogP contribution in [0.25, 0.3) is 0 Å². The minimum Gasteiger partial charge on any atom is -0.380 e. The summed E-state index contributed by atoms with van der Waals surface area (Å²) < 4.78 is 5.01. The normalized spacial score (nSPS) is 14.5. The minimum absolute atomic E-state index is 0.0309. The third-order valence-electron chi connectivity index (χ3n) is 1.94. The van der Waals surface area contributed by atoms with Gasteiger partial charge in [0.2, 0.25) is 5.91 Å². The first-order chi connectivity index (χ1) is 6.63. The fourth-order valence-corrected chi connectivity index (χ4v) is 1.11. The van der Waals surface area contributed by atoms with Crippen molar-refractivity contribution < 1.29 is 9.53 Å². The maximum Gasteiger partial charge on any atom is 0.222 e. The molecule has 0 aromatic carbocycles. The molecule has 0 radical (unpaired) electrons. The van der Waals surface area contributed by atoms with Gasteiger partial charge in [-0.1, -0.05) is 6.08 Å². The Balaban J connectivity index is 3.78. The smallest absolute Gasteiger partial charge is 0.222 e. The minimum atomic E-state index is -0.189. The molecule has 0 aliphatic carbocycles. The average Bonchev–Trinajstić information content (AvgIpc) is 2.14. The van der Waals surface area contributed by atoms with E-state index in [0.29, 0.717) is 13.0 Å². The summed E-state index contributed by atoms with van der Waals surface area (Å²) in [5.74, 6) is -0.0309. The van der Waals surface area contributed by atoms with Crippen molar-refractivity contribution in [3.05, 3.63) is 12.7 Å². The van der Waals surface area contributed by atoms with E-state index in [2.05, 4.69) is 11.9 Å². The van der Waals surface area contributed by atoms with Gasteiger partial charge in [0.1, 0.15) is 0 Å². The number of amides is 1. The highest BCUT2D eigenvalue weighted by Crippen LogP contribution is 1.97. The first-order valence-corrected chi connectivity index (χ1v) is 4.77. The Hall–Kier alpha value is -0.870. The predicted octanol–water partition coefficient (Wildman–Crippen LogP) is 0.431. The Morgan fingerprint density at radius 3 is 2.79 bits per heavy atom. The molecular formula is C10H20N2O2. The molecule has 0 rings (SSSR count). The van der Waals surface area contributed by atoms with Crippen molar-refractivity contribution in [2.75, 3.05) is 13.7 Å².